The molecule has 0 bridgehead atoms. The predicted octanol–water partition coefficient (Wildman–Crippen LogP) is 4.14. The van der Waals surface area contributed by atoms with Gasteiger partial charge in [-0.15, -0.1) is 0 Å². The van der Waals surface area contributed by atoms with Crippen LogP contribution in [0, 0.1) is 34.0 Å². The number of hydrogen-bond donors (Lipinski definition) is 1. The van der Waals surface area contributed by atoms with Gasteiger partial charge < -0.3 is 14.8 Å². The van der Waals surface area contributed by atoms with Crippen molar-refractivity contribution in [1.82, 2.24) is 0 Å². The summed E-state index contributed by atoms with van der Waals surface area (Å²) in [4.78, 5) is 0. The highest BCUT2D eigenvalue weighted by atomic mass is 19.4. The van der Waals surface area contributed by atoms with Gasteiger partial charge in [0.2, 0.25) is 0 Å². The second kappa shape index (κ2) is 9.51. The molecule has 0 unspecified atom stereocenters. The second-order valence-electron chi connectivity index (χ2n) is 5.16. The number of nitriles is 3. The van der Waals surface area contributed by atoms with Crippen molar-refractivity contribution in [3.05, 3.63) is 29.5 Å². The van der Waals surface area contributed by atoms with Crippen molar-refractivity contribution in [2.45, 2.75) is 18.5 Å². The fourth-order valence-corrected chi connectivity index (χ4v) is 1.65. The normalized spacial score (nSPS) is 11.1. The molecule has 0 saturated carbocycles. The number of nitrogens with zero attached hydrogens (tertiary/aromatic N) is 3. The first-order valence-corrected chi connectivity index (χ1v) is 7.27. The standard InChI is InChI=1S/C16H9F7N4O2/c17-14(18)15(19,20)7-28-11-1-10(27-13(6-26)9(4-24)5-25)2-12(3-11)29-8-16(21,22)23/h1-3,14,27H,7-8H2. The molecule has 0 heterocycles. The lowest BCUT2D eigenvalue weighted by atomic mass is 10.2. The molecule has 0 aliphatic rings. The van der Waals surface area contributed by atoms with Crippen LogP contribution in [0.4, 0.5) is 36.4 Å². The molecular weight excluding hydrogens is 413 g/mol. The molecular formula is C16H9F7N4O2. The van der Waals surface area contributed by atoms with E-state index in [1.54, 1.807) is 0 Å². The van der Waals surface area contributed by atoms with Crippen molar-refractivity contribution in [2.75, 3.05) is 18.5 Å². The SMILES string of the molecule is N#CC(C#N)=C(C#N)Nc1cc(OCC(F)(F)F)cc(OCC(F)(F)C(F)F)c1. The van der Waals surface area contributed by atoms with Crippen molar-refractivity contribution in [3.8, 4) is 29.7 Å². The number of allylic oxidation sites excluding steroid dienone is 2. The Labute approximate surface area is 159 Å². The van der Waals surface area contributed by atoms with E-state index < -0.39 is 54.5 Å². The van der Waals surface area contributed by atoms with Gasteiger partial charge in [-0.1, -0.05) is 0 Å². The van der Waals surface area contributed by atoms with Crippen molar-refractivity contribution in [1.29, 1.82) is 15.8 Å². The van der Waals surface area contributed by atoms with E-state index in [-0.39, 0.29) is 5.69 Å². The maximum Gasteiger partial charge on any atom is 0.422 e. The molecule has 29 heavy (non-hydrogen) atoms. The zero-order valence-electron chi connectivity index (χ0n) is 14.0. The Morgan fingerprint density at radius 2 is 1.41 bits per heavy atom. The number of rotatable bonds is 8. The lowest BCUT2D eigenvalue weighted by Crippen LogP contribution is -2.33. The van der Waals surface area contributed by atoms with Gasteiger partial charge in [0.05, 0.1) is 0 Å². The summed E-state index contributed by atoms with van der Waals surface area (Å²) in [6.07, 6.45) is -8.80. The molecule has 0 aromatic heterocycles. The number of nitrogens with one attached hydrogen (secondary N) is 1. The fourth-order valence-electron chi connectivity index (χ4n) is 1.65. The summed E-state index contributed by atoms with van der Waals surface area (Å²) in [6.45, 7) is -3.57. The first kappa shape index (κ1) is 23.4. The minimum Gasteiger partial charge on any atom is -0.487 e. The van der Waals surface area contributed by atoms with Crippen LogP contribution in [0.25, 0.3) is 0 Å². The molecule has 1 rings (SSSR count). The average Bonchev–Trinajstić information content (AvgIpc) is 2.64. The summed E-state index contributed by atoms with van der Waals surface area (Å²) in [5.41, 5.74) is -1.58. The lowest BCUT2D eigenvalue weighted by molar-refractivity contribution is -0.153. The molecule has 0 amide bonds. The van der Waals surface area contributed by atoms with Gasteiger partial charge in [0, 0.05) is 23.9 Å². The second-order valence-corrected chi connectivity index (χ2v) is 5.16. The molecule has 1 aromatic carbocycles. The highest BCUT2D eigenvalue weighted by Crippen LogP contribution is 2.31. The summed E-state index contributed by atoms with van der Waals surface area (Å²) >= 11 is 0. The van der Waals surface area contributed by atoms with Crippen LogP contribution in [0.3, 0.4) is 0 Å². The van der Waals surface area contributed by atoms with Crippen LogP contribution in [0.15, 0.2) is 29.5 Å². The van der Waals surface area contributed by atoms with Gasteiger partial charge in [-0.05, 0) is 0 Å². The summed E-state index contributed by atoms with van der Waals surface area (Å²) in [5.74, 6) is -5.71. The first-order chi connectivity index (χ1) is 13.4. The smallest absolute Gasteiger partial charge is 0.422 e. The average molecular weight is 422 g/mol. The van der Waals surface area contributed by atoms with E-state index in [1.807, 2.05) is 0 Å². The quantitative estimate of drug-likeness (QED) is 0.499. The zero-order chi connectivity index (χ0) is 22.2. The van der Waals surface area contributed by atoms with Crippen LogP contribution in [0.1, 0.15) is 0 Å². The Balaban J connectivity index is 3.24. The molecule has 0 aliphatic heterocycles. The number of alkyl halides is 7. The number of ether oxygens (including phenoxy) is 2. The summed E-state index contributed by atoms with van der Waals surface area (Å²) in [7, 11) is 0. The Morgan fingerprint density at radius 1 is 0.897 bits per heavy atom. The van der Waals surface area contributed by atoms with Crippen LogP contribution in [0.2, 0.25) is 0 Å². The minimum atomic E-state index is -4.75. The van der Waals surface area contributed by atoms with Gasteiger partial charge in [-0.3, -0.25) is 0 Å². The molecule has 0 saturated heterocycles. The fraction of sp³-hybridized carbons (Fsp3) is 0.312. The van der Waals surface area contributed by atoms with Crippen LogP contribution < -0.4 is 14.8 Å². The summed E-state index contributed by atoms with van der Waals surface area (Å²) < 4.78 is 96.4. The minimum absolute atomic E-state index is 0.292. The van der Waals surface area contributed by atoms with E-state index in [0.29, 0.717) is 0 Å². The molecule has 154 valence electrons. The maximum absolute atomic E-state index is 13.0. The van der Waals surface area contributed by atoms with Gasteiger partial charge in [-0.25, -0.2) is 8.78 Å². The molecule has 0 radical (unpaired) electrons. The molecule has 0 atom stereocenters. The van der Waals surface area contributed by atoms with E-state index in [0.717, 1.165) is 18.2 Å². The van der Waals surface area contributed by atoms with Crippen LogP contribution >= 0.6 is 0 Å². The van der Waals surface area contributed by atoms with Crippen LogP contribution in [0.5, 0.6) is 11.5 Å². The first-order valence-electron chi connectivity index (χ1n) is 7.27. The third-order valence-electron chi connectivity index (χ3n) is 2.89. The van der Waals surface area contributed by atoms with E-state index in [1.165, 1.54) is 18.2 Å². The Kier molecular flexibility index (Phi) is 7.67. The van der Waals surface area contributed by atoms with Crippen LogP contribution in [-0.2, 0) is 0 Å². The third-order valence-corrected chi connectivity index (χ3v) is 2.89. The zero-order valence-corrected chi connectivity index (χ0v) is 14.0. The van der Waals surface area contributed by atoms with Crippen LogP contribution in [-0.4, -0.2) is 31.7 Å². The van der Waals surface area contributed by atoms with Crippen molar-refractivity contribution in [2.24, 2.45) is 0 Å². The summed E-state index contributed by atoms with van der Waals surface area (Å²) in [6, 6.07) is 6.73. The molecule has 13 heteroatoms. The van der Waals surface area contributed by atoms with E-state index in [4.69, 9.17) is 15.8 Å². The molecule has 1 aromatic rings. The Hall–Kier alpha value is -3.66. The van der Waals surface area contributed by atoms with Gasteiger partial charge in [-0.2, -0.15) is 37.7 Å². The third kappa shape index (κ3) is 7.46. The van der Waals surface area contributed by atoms with E-state index in [2.05, 4.69) is 14.8 Å². The maximum atomic E-state index is 13.0. The van der Waals surface area contributed by atoms with Crippen molar-refractivity contribution >= 4 is 5.69 Å². The van der Waals surface area contributed by atoms with Crippen molar-refractivity contribution in [3.63, 3.8) is 0 Å². The van der Waals surface area contributed by atoms with Gasteiger partial charge in [0.1, 0.15) is 35.4 Å². The number of anilines is 1. The topological polar surface area (TPSA) is 102 Å². The largest absolute Gasteiger partial charge is 0.487 e. The molecule has 0 aliphatic carbocycles. The molecule has 1 N–H and O–H groups in total. The van der Waals surface area contributed by atoms with Gasteiger partial charge in [0.15, 0.2) is 18.8 Å². The predicted molar refractivity (Wildman–Crippen MR) is 81.9 cm³/mol. The monoisotopic (exact) mass is 422 g/mol. The lowest BCUT2D eigenvalue weighted by Gasteiger charge is -2.18. The van der Waals surface area contributed by atoms with E-state index >= 15 is 0 Å². The Morgan fingerprint density at radius 3 is 1.83 bits per heavy atom. The van der Waals surface area contributed by atoms with Gasteiger partial charge in [0.25, 0.3) is 0 Å². The van der Waals surface area contributed by atoms with Crippen molar-refractivity contribution < 1.29 is 40.2 Å². The van der Waals surface area contributed by atoms with E-state index in [9.17, 15) is 30.7 Å². The summed E-state index contributed by atoms with van der Waals surface area (Å²) in [5, 5.41) is 28.7. The highest BCUT2D eigenvalue weighted by molar-refractivity contribution is 5.62. The number of benzene rings is 1. The molecule has 6 nitrogen and oxygen atoms in total. The van der Waals surface area contributed by atoms with Gasteiger partial charge >= 0.3 is 18.5 Å². The molecule has 0 spiro atoms. The number of hydrogen-bond acceptors (Lipinski definition) is 6. The Bertz CT molecular complexity index is 876. The highest BCUT2D eigenvalue weighted by Gasteiger charge is 2.41. The number of halogens is 7. The molecule has 0 fully saturated rings.